The molecule has 7 nitrogen and oxygen atoms in total. The number of aromatic nitrogens is 2. The second-order valence-electron chi connectivity index (χ2n) is 7.61. The Labute approximate surface area is 176 Å². The summed E-state index contributed by atoms with van der Waals surface area (Å²) in [5.41, 5.74) is 2.61. The maximum absolute atomic E-state index is 12.3. The third-order valence-electron chi connectivity index (χ3n) is 5.15. The zero-order chi connectivity index (χ0) is 21.3. The normalized spacial score (nSPS) is 15.2. The van der Waals surface area contributed by atoms with Crippen molar-refractivity contribution in [1.82, 2.24) is 15.3 Å². The Morgan fingerprint density at radius 1 is 1.07 bits per heavy atom. The largest absolute Gasteiger partial charge is 0.353 e. The minimum Gasteiger partial charge on any atom is -0.353 e. The van der Waals surface area contributed by atoms with Gasteiger partial charge in [0.1, 0.15) is 0 Å². The number of hydrogen-bond donors (Lipinski definition) is 2. The van der Waals surface area contributed by atoms with Crippen LogP contribution in [0.1, 0.15) is 67.1 Å². The Bertz CT molecular complexity index is 899. The summed E-state index contributed by atoms with van der Waals surface area (Å²) in [4.78, 5) is 44.8. The highest BCUT2D eigenvalue weighted by Crippen LogP contribution is 2.20. The standard InChI is InChI=1S/C23H28N4O3/c1-2-7-21(29)27-23-24-15-17-14-18(12-13-19(17)26-23)25-22(30)11-6-10-20(28)16-8-4-3-5-9-16/h3-5,8-9,15,18H,2,6-7,10-14H2,1H3,(H,25,30)(H,24,26,27,29). The topological polar surface area (TPSA) is 101 Å². The molecular formula is C23H28N4O3. The molecule has 0 radical (unpaired) electrons. The van der Waals surface area contributed by atoms with Gasteiger partial charge in [0, 0.05) is 42.8 Å². The number of anilines is 1. The molecule has 7 heteroatoms. The number of carbonyl (C=O) groups is 3. The first-order valence-electron chi connectivity index (χ1n) is 10.6. The molecule has 2 aromatic rings. The summed E-state index contributed by atoms with van der Waals surface area (Å²) in [6, 6.07) is 9.19. The van der Waals surface area contributed by atoms with E-state index in [4.69, 9.17) is 0 Å². The number of carbonyl (C=O) groups excluding carboxylic acids is 3. The van der Waals surface area contributed by atoms with Crippen molar-refractivity contribution >= 4 is 23.5 Å². The van der Waals surface area contributed by atoms with Crippen LogP contribution in [-0.2, 0) is 22.4 Å². The maximum atomic E-state index is 12.3. The van der Waals surface area contributed by atoms with E-state index in [1.54, 1.807) is 18.3 Å². The number of aryl methyl sites for hydroxylation is 1. The van der Waals surface area contributed by atoms with E-state index in [9.17, 15) is 14.4 Å². The second-order valence-corrected chi connectivity index (χ2v) is 7.61. The quantitative estimate of drug-likeness (QED) is 0.620. The predicted molar refractivity (Wildman–Crippen MR) is 114 cm³/mol. The fraction of sp³-hybridized carbons (Fsp3) is 0.435. The molecular weight excluding hydrogens is 380 g/mol. The van der Waals surface area contributed by atoms with Crippen LogP contribution in [0.2, 0.25) is 0 Å². The van der Waals surface area contributed by atoms with Gasteiger partial charge in [-0.3, -0.25) is 19.7 Å². The molecule has 1 aromatic carbocycles. The van der Waals surface area contributed by atoms with Gasteiger partial charge in [0.05, 0.1) is 0 Å². The molecule has 0 aliphatic heterocycles. The van der Waals surface area contributed by atoms with Crippen LogP contribution < -0.4 is 10.6 Å². The molecule has 1 heterocycles. The summed E-state index contributed by atoms with van der Waals surface area (Å²) in [6.07, 6.45) is 6.39. The predicted octanol–water partition coefficient (Wildman–Crippen LogP) is 3.24. The Morgan fingerprint density at radius 3 is 2.63 bits per heavy atom. The van der Waals surface area contributed by atoms with Gasteiger partial charge in [-0.2, -0.15) is 0 Å². The number of fused-ring (bicyclic) bond motifs is 1. The molecule has 3 rings (SSSR count). The fourth-order valence-electron chi connectivity index (χ4n) is 3.58. The van der Waals surface area contributed by atoms with Crippen LogP contribution in [0.15, 0.2) is 36.5 Å². The lowest BCUT2D eigenvalue weighted by atomic mass is 9.92. The molecule has 1 aromatic heterocycles. The number of nitrogens with zero attached hydrogens (tertiary/aromatic N) is 2. The summed E-state index contributed by atoms with van der Waals surface area (Å²) in [5.74, 6) is 0.296. The maximum Gasteiger partial charge on any atom is 0.229 e. The van der Waals surface area contributed by atoms with Gasteiger partial charge in [0.15, 0.2) is 5.78 Å². The van der Waals surface area contributed by atoms with E-state index in [0.717, 1.165) is 30.5 Å². The molecule has 1 aliphatic carbocycles. The number of amides is 2. The third-order valence-corrected chi connectivity index (χ3v) is 5.15. The third kappa shape index (κ3) is 6.20. The molecule has 0 bridgehead atoms. The van der Waals surface area contributed by atoms with E-state index in [1.807, 2.05) is 25.1 Å². The number of rotatable bonds is 9. The highest BCUT2D eigenvalue weighted by molar-refractivity contribution is 5.96. The Balaban J connectivity index is 1.43. The van der Waals surface area contributed by atoms with Crippen LogP contribution in [-0.4, -0.2) is 33.6 Å². The minimum atomic E-state index is -0.0795. The SMILES string of the molecule is CCCC(=O)Nc1ncc2c(n1)CCC(NC(=O)CCCC(=O)c1ccccc1)C2. The lowest BCUT2D eigenvalue weighted by molar-refractivity contribution is -0.122. The summed E-state index contributed by atoms with van der Waals surface area (Å²) in [7, 11) is 0. The first-order chi connectivity index (χ1) is 14.5. The average Bonchev–Trinajstić information content (AvgIpc) is 2.74. The summed E-state index contributed by atoms with van der Waals surface area (Å²) < 4.78 is 0. The van der Waals surface area contributed by atoms with Crippen LogP contribution in [0.25, 0.3) is 0 Å². The van der Waals surface area contributed by atoms with E-state index >= 15 is 0 Å². The fourth-order valence-corrected chi connectivity index (χ4v) is 3.58. The van der Waals surface area contributed by atoms with Crippen molar-refractivity contribution in [3.8, 4) is 0 Å². The van der Waals surface area contributed by atoms with Gasteiger partial charge in [-0.05, 0) is 37.7 Å². The highest BCUT2D eigenvalue weighted by Gasteiger charge is 2.22. The van der Waals surface area contributed by atoms with Crippen LogP contribution in [0.5, 0.6) is 0 Å². The van der Waals surface area contributed by atoms with Gasteiger partial charge in [0.2, 0.25) is 17.8 Å². The van der Waals surface area contributed by atoms with E-state index in [0.29, 0.717) is 43.6 Å². The summed E-state index contributed by atoms with van der Waals surface area (Å²) >= 11 is 0. The molecule has 2 N–H and O–H groups in total. The molecule has 1 unspecified atom stereocenters. The smallest absolute Gasteiger partial charge is 0.229 e. The first-order valence-corrected chi connectivity index (χ1v) is 10.6. The first kappa shape index (κ1) is 21.6. The second kappa shape index (κ2) is 10.6. The number of Topliss-reactive ketones (excluding diaryl/α,β-unsaturated/α-hetero) is 1. The Kier molecular flexibility index (Phi) is 7.65. The zero-order valence-electron chi connectivity index (χ0n) is 17.3. The van der Waals surface area contributed by atoms with Crippen LogP contribution in [0.3, 0.4) is 0 Å². The van der Waals surface area contributed by atoms with Crippen molar-refractivity contribution < 1.29 is 14.4 Å². The Morgan fingerprint density at radius 2 is 1.87 bits per heavy atom. The van der Waals surface area contributed by atoms with Gasteiger partial charge < -0.3 is 5.32 Å². The summed E-state index contributed by atoms with van der Waals surface area (Å²) in [6.45, 7) is 1.95. The lowest BCUT2D eigenvalue weighted by Gasteiger charge is -2.25. The number of nitrogens with one attached hydrogen (secondary N) is 2. The van der Waals surface area contributed by atoms with Crippen molar-refractivity contribution in [3.05, 3.63) is 53.3 Å². The molecule has 0 spiro atoms. The van der Waals surface area contributed by atoms with Crippen molar-refractivity contribution in [2.75, 3.05) is 5.32 Å². The molecule has 30 heavy (non-hydrogen) atoms. The monoisotopic (exact) mass is 408 g/mol. The molecule has 158 valence electrons. The van der Waals surface area contributed by atoms with Crippen LogP contribution >= 0.6 is 0 Å². The molecule has 2 amide bonds. The van der Waals surface area contributed by atoms with Gasteiger partial charge in [-0.15, -0.1) is 0 Å². The number of benzene rings is 1. The van der Waals surface area contributed by atoms with E-state index in [1.165, 1.54) is 0 Å². The van der Waals surface area contributed by atoms with E-state index < -0.39 is 0 Å². The van der Waals surface area contributed by atoms with Gasteiger partial charge in [0.25, 0.3) is 0 Å². The lowest BCUT2D eigenvalue weighted by Crippen LogP contribution is -2.39. The molecule has 1 atom stereocenters. The van der Waals surface area contributed by atoms with Crippen molar-refractivity contribution in [2.24, 2.45) is 0 Å². The zero-order valence-corrected chi connectivity index (χ0v) is 17.3. The van der Waals surface area contributed by atoms with E-state index in [-0.39, 0.29) is 23.6 Å². The van der Waals surface area contributed by atoms with Gasteiger partial charge in [-0.25, -0.2) is 9.97 Å². The summed E-state index contributed by atoms with van der Waals surface area (Å²) in [5, 5.41) is 5.78. The van der Waals surface area contributed by atoms with Crippen LogP contribution in [0.4, 0.5) is 5.95 Å². The van der Waals surface area contributed by atoms with Crippen molar-refractivity contribution in [2.45, 2.75) is 64.3 Å². The molecule has 1 aliphatic rings. The molecule has 0 saturated carbocycles. The number of ketones is 1. The van der Waals surface area contributed by atoms with Crippen LogP contribution in [0, 0.1) is 0 Å². The van der Waals surface area contributed by atoms with Gasteiger partial charge >= 0.3 is 0 Å². The minimum absolute atomic E-state index is 0.0336. The van der Waals surface area contributed by atoms with Gasteiger partial charge in [-0.1, -0.05) is 37.3 Å². The van der Waals surface area contributed by atoms with E-state index in [2.05, 4.69) is 20.6 Å². The number of hydrogen-bond acceptors (Lipinski definition) is 5. The molecule has 0 saturated heterocycles. The Hall–Kier alpha value is -3.09. The highest BCUT2D eigenvalue weighted by atomic mass is 16.2. The van der Waals surface area contributed by atoms with Crippen molar-refractivity contribution in [3.63, 3.8) is 0 Å². The molecule has 0 fully saturated rings. The van der Waals surface area contributed by atoms with Crippen molar-refractivity contribution in [1.29, 1.82) is 0 Å². The average molecular weight is 409 g/mol.